The van der Waals surface area contributed by atoms with Gasteiger partial charge in [-0.15, -0.1) is 0 Å². The van der Waals surface area contributed by atoms with Crippen LogP contribution in [0.1, 0.15) is 19.9 Å². The van der Waals surface area contributed by atoms with Gasteiger partial charge in [0.2, 0.25) is 5.95 Å². The summed E-state index contributed by atoms with van der Waals surface area (Å²) in [7, 11) is 0. The Morgan fingerprint density at radius 3 is 2.54 bits per heavy atom. The normalized spacial score (nSPS) is 15.0. The van der Waals surface area contributed by atoms with Gasteiger partial charge in [0.25, 0.3) is 0 Å². The largest absolute Gasteiger partial charge is 0.382 e. The Balaban J connectivity index is 1.57. The SMILES string of the molecule is CC(C)n1cnc2c(N)nc(Nc3ccc(N4CCOCC4)cc3)nc21. The molecule has 8 heteroatoms. The van der Waals surface area contributed by atoms with Crippen LogP contribution in [0, 0.1) is 0 Å². The second-order valence-electron chi connectivity index (χ2n) is 6.62. The van der Waals surface area contributed by atoms with Gasteiger partial charge in [0.05, 0.1) is 19.5 Å². The van der Waals surface area contributed by atoms with Crippen molar-refractivity contribution in [1.82, 2.24) is 19.5 Å². The van der Waals surface area contributed by atoms with Crippen molar-refractivity contribution in [3.05, 3.63) is 30.6 Å². The van der Waals surface area contributed by atoms with Gasteiger partial charge in [-0.1, -0.05) is 0 Å². The van der Waals surface area contributed by atoms with E-state index in [1.165, 1.54) is 5.69 Å². The molecule has 1 aliphatic rings. The fourth-order valence-corrected chi connectivity index (χ4v) is 3.08. The molecule has 1 fully saturated rings. The second kappa shape index (κ2) is 6.80. The third-order valence-corrected chi connectivity index (χ3v) is 4.50. The quantitative estimate of drug-likeness (QED) is 0.744. The Kier molecular flexibility index (Phi) is 4.34. The number of aromatic nitrogens is 4. The minimum Gasteiger partial charge on any atom is -0.382 e. The number of anilines is 4. The lowest BCUT2D eigenvalue weighted by Gasteiger charge is -2.28. The van der Waals surface area contributed by atoms with Crippen molar-refractivity contribution < 1.29 is 4.74 Å². The average Bonchev–Trinajstić information content (AvgIpc) is 3.08. The topological polar surface area (TPSA) is 94.1 Å². The smallest absolute Gasteiger partial charge is 0.231 e. The van der Waals surface area contributed by atoms with Crippen LogP contribution in [0.25, 0.3) is 11.2 Å². The number of morpholine rings is 1. The van der Waals surface area contributed by atoms with Gasteiger partial charge < -0.3 is 25.3 Å². The maximum absolute atomic E-state index is 6.06. The third-order valence-electron chi connectivity index (χ3n) is 4.50. The first kappa shape index (κ1) is 16.6. The summed E-state index contributed by atoms with van der Waals surface area (Å²) in [6.07, 6.45) is 1.75. The van der Waals surface area contributed by atoms with Crippen LogP contribution in [0.4, 0.5) is 23.1 Å². The minimum absolute atomic E-state index is 0.245. The highest BCUT2D eigenvalue weighted by Gasteiger charge is 2.14. The van der Waals surface area contributed by atoms with Crippen molar-refractivity contribution in [3.8, 4) is 0 Å². The molecule has 0 atom stereocenters. The Hall–Kier alpha value is -2.87. The van der Waals surface area contributed by atoms with Crippen LogP contribution in [0.15, 0.2) is 30.6 Å². The molecule has 2 aromatic heterocycles. The number of hydrogen-bond acceptors (Lipinski definition) is 7. The molecular weight excluding hydrogens is 330 g/mol. The number of nitrogens with one attached hydrogen (secondary N) is 1. The summed E-state index contributed by atoms with van der Waals surface area (Å²) in [5.74, 6) is 0.846. The lowest BCUT2D eigenvalue weighted by atomic mass is 10.2. The molecule has 0 amide bonds. The summed E-state index contributed by atoms with van der Waals surface area (Å²) in [5.41, 5.74) is 9.53. The molecule has 0 bridgehead atoms. The molecule has 4 rings (SSSR count). The zero-order chi connectivity index (χ0) is 18.1. The van der Waals surface area contributed by atoms with Crippen LogP contribution in [0.2, 0.25) is 0 Å². The van der Waals surface area contributed by atoms with Crippen molar-refractivity contribution in [2.24, 2.45) is 0 Å². The van der Waals surface area contributed by atoms with Gasteiger partial charge in [-0.3, -0.25) is 0 Å². The van der Waals surface area contributed by atoms with E-state index in [9.17, 15) is 0 Å². The number of nitrogen functional groups attached to an aromatic ring is 1. The first-order valence-electron chi connectivity index (χ1n) is 8.81. The van der Waals surface area contributed by atoms with Crippen molar-refractivity contribution >= 4 is 34.3 Å². The highest BCUT2D eigenvalue weighted by atomic mass is 16.5. The molecule has 0 saturated carbocycles. The summed E-state index contributed by atoms with van der Waals surface area (Å²) >= 11 is 0. The van der Waals surface area contributed by atoms with Gasteiger partial charge in [0.15, 0.2) is 11.5 Å². The predicted molar refractivity (Wildman–Crippen MR) is 103 cm³/mol. The molecule has 8 nitrogen and oxygen atoms in total. The maximum Gasteiger partial charge on any atom is 0.231 e. The van der Waals surface area contributed by atoms with E-state index in [1.807, 2.05) is 16.7 Å². The molecule has 136 valence electrons. The number of imidazole rings is 1. The summed E-state index contributed by atoms with van der Waals surface area (Å²) in [5, 5.41) is 3.24. The summed E-state index contributed by atoms with van der Waals surface area (Å²) in [6.45, 7) is 7.55. The first-order chi connectivity index (χ1) is 12.6. The monoisotopic (exact) mass is 353 g/mol. The second-order valence-corrected chi connectivity index (χ2v) is 6.62. The number of nitrogens with zero attached hydrogens (tertiary/aromatic N) is 5. The van der Waals surface area contributed by atoms with Crippen molar-refractivity contribution in [1.29, 1.82) is 0 Å². The van der Waals surface area contributed by atoms with E-state index in [0.717, 1.165) is 37.6 Å². The molecule has 0 unspecified atom stereocenters. The number of fused-ring (bicyclic) bond motifs is 1. The molecule has 1 aliphatic heterocycles. The Morgan fingerprint density at radius 1 is 1.12 bits per heavy atom. The van der Waals surface area contributed by atoms with E-state index in [2.05, 4.69) is 51.1 Å². The van der Waals surface area contributed by atoms with Crippen LogP contribution in [0.3, 0.4) is 0 Å². The molecule has 3 aromatic rings. The third kappa shape index (κ3) is 3.15. The van der Waals surface area contributed by atoms with E-state index in [1.54, 1.807) is 6.33 Å². The fourth-order valence-electron chi connectivity index (χ4n) is 3.08. The van der Waals surface area contributed by atoms with Gasteiger partial charge in [0.1, 0.15) is 5.52 Å². The number of nitrogens with two attached hydrogens (primary N) is 1. The summed E-state index contributed by atoms with van der Waals surface area (Å²) in [4.78, 5) is 15.6. The van der Waals surface area contributed by atoms with Gasteiger partial charge in [-0.05, 0) is 38.1 Å². The Bertz CT molecular complexity index is 898. The fraction of sp³-hybridized carbons (Fsp3) is 0.389. The molecular formula is C18H23N7O. The molecule has 0 aliphatic carbocycles. The van der Waals surface area contributed by atoms with Crippen LogP contribution in [-0.2, 0) is 4.74 Å². The maximum atomic E-state index is 6.06. The van der Waals surface area contributed by atoms with Crippen LogP contribution in [0.5, 0.6) is 0 Å². The van der Waals surface area contributed by atoms with Gasteiger partial charge >= 0.3 is 0 Å². The molecule has 0 radical (unpaired) electrons. The van der Waals surface area contributed by atoms with Crippen molar-refractivity contribution in [3.63, 3.8) is 0 Å². The number of ether oxygens (including phenoxy) is 1. The van der Waals surface area contributed by atoms with Gasteiger partial charge in [0, 0.05) is 30.5 Å². The molecule has 3 N–H and O–H groups in total. The molecule has 0 spiro atoms. The Morgan fingerprint density at radius 2 is 1.85 bits per heavy atom. The first-order valence-corrected chi connectivity index (χ1v) is 8.81. The van der Waals surface area contributed by atoms with E-state index in [4.69, 9.17) is 10.5 Å². The zero-order valence-electron chi connectivity index (χ0n) is 15.0. The van der Waals surface area contributed by atoms with Crippen LogP contribution >= 0.6 is 0 Å². The summed E-state index contributed by atoms with van der Waals surface area (Å²) < 4.78 is 7.39. The van der Waals surface area contributed by atoms with E-state index < -0.39 is 0 Å². The van der Waals surface area contributed by atoms with Crippen LogP contribution in [-0.4, -0.2) is 45.8 Å². The number of benzene rings is 1. The lowest BCUT2D eigenvalue weighted by molar-refractivity contribution is 0.122. The zero-order valence-corrected chi connectivity index (χ0v) is 15.0. The van der Waals surface area contributed by atoms with Crippen molar-refractivity contribution in [2.45, 2.75) is 19.9 Å². The molecule has 1 saturated heterocycles. The van der Waals surface area contributed by atoms with Crippen LogP contribution < -0.4 is 16.0 Å². The van der Waals surface area contributed by atoms with Crippen molar-refractivity contribution in [2.75, 3.05) is 42.3 Å². The highest BCUT2D eigenvalue weighted by molar-refractivity contribution is 5.83. The molecule has 26 heavy (non-hydrogen) atoms. The van der Waals surface area contributed by atoms with Gasteiger partial charge in [-0.25, -0.2) is 4.98 Å². The average molecular weight is 353 g/mol. The lowest BCUT2D eigenvalue weighted by Crippen LogP contribution is -2.36. The van der Waals surface area contributed by atoms with E-state index >= 15 is 0 Å². The molecule has 1 aromatic carbocycles. The van der Waals surface area contributed by atoms with Gasteiger partial charge in [-0.2, -0.15) is 9.97 Å². The van der Waals surface area contributed by atoms with E-state index in [-0.39, 0.29) is 6.04 Å². The highest BCUT2D eigenvalue weighted by Crippen LogP contribution is 2.24. The minimum atomic E-state index is 0.245. The predicted octanol–water partition coefficient (Wildman–Crippen LogP) is 2.57. The van der Waals surface area contributed by atoms with E-state index in [0.29, 0.717) is 17.3 Å². The summed E-state index contributed by atoms with van der Waals surface area (Å²) in [6, 6.07) is 8.47. The number of rotatable bonds is 4. The molecule has 3 heterocycles. The Labute approximate surface area is 152 Å². The standard InChI is InChI=1S/C18H23N7O/c1-12(2)25-11-20-15-16(19)22-18(23-17(15)25)21-13-3-5-14(6-4-13)24-7-9-26-10-8-24/h3-6,11-12H,7-10H2,1-2H3,(H3,19,21,22,23). The number of hydrogen-bond donors (Lipinski definition) is 2.